The first-order valence-electron chi connectivity index (χ1n) is 2.84. The van der Waals surface area contributed by atoms with Crippen molar-refractivity contribution in [2.75, 3.05) is 5.84 Å². The van der Waals surface area contributed by atoms with Crippen LogP contribution in [0.15, 0.2) is 10.8 Å². The van der Waals surface area contributed by atoms with Crippen LogP contribution in [0.4, 0.5) is 0 Å². The molecule has 0 bridgehead atoms. The number of hydrogen-bond donors (Lipinski definition) is 1. The molecular formula is C5H10N3O+. The molecule has 9 heavy (non-hydrogen) atoms. The number of hydrogen-bond acceptors (Lipinski definition) is 3. The van der Waals surface area contributed by atoms with Crippen LogP contribution >= 0.6 is 0 Å². The minimum Gasteiger partial charge on any atom is -0.234 e. The summed E-state index contributed by atoms with van der Waals surface area (Å²) in [6.07, 6.45) is 1.62. The molecule has 4 nitrogen and oxygen atoms in total. The molecule has 4 heteroatoms. The van der Waals surface area contributed by atoms with Gasteiger partial charge < -0.3 is 0 Å². The number of nitrogens with two attached hydrogens (primary N) is 1. The van der Waals surface area contributed by atoms with Gasteiger partial charge in [0.1, 0.15) is 0 Å². The predicted octanol–water partition coefficient (Wildman–Crippen LogP) is -0.201. The summed E-state index contributed by atoms with van der Waals surface area (Å²) in [7, 11) is 0. The fourth-order valence-corrected chi connectivity index (χ4v) is 0.636. The van der Waals surface area contributed by atoms with Crippen LogP contribution in [0.2, 0.25) is 0 Å². The monoisotopic (exact) mass is 128 g/mol. The SMILES string of the molecule is CC(C)c1cno[n+]1N. The van der Waals surface area contributed by atoms with Gasteiger partial charge in [-0.05, 0) is 0 Å². The number of nitrogen functional groups attached to an aromatic ring is 1. The number of rotatable bonds is 1. The normalized spacial score (nSPS) is 10.6. The van der Waals surface area contributed by atoms with Gasteiger partial charge in [0.05, 0.1) is 0 Å². The summed E-state index contributed by atoms with van der Waals surface area (Å²) in [4.78, 5) is 1.17. The highest BCUT2D eigenvalue weighted by molar-refractivity contribution is 4.89. The minimum atomic E-state index is 0.362. The van der Waals surface area contributed by atoms with Crippen molar-refractivity contribution in [1.29, 1.82) is 0 Å². The van der Waals surface area contributed by atoms with Crippen LogP contribution in [-0.4, -0.2) is 5.16 Å². The molecule has 1 aromatic rings. The average molecular weight is 128 g/mol. The molecule has 0 amide bonds. The first kappa shape index (κ1) is 6.07. The van der Waals surface area contributed by atoms with Gasteiger partial charge >= 0.3 is 0 Å². The molecule has 0 aromatic carbocycles. The summed E-state index contributed by atoms with van der Waals surface area (Å²) in [6, 6.07) is 0. The molecular weight excluding hydrogens is 118 g/mol. The van der Waals surface area contributed by atoms with E-state index in [0.717, 1.165) is 5.69 Å². The first-order valence-corrected chi connectivity index (χ1v) is 2.84. The highest BCUT2D eigenvalue weighted by atomic mass is 16.6. The maximum atomic E-state index is 5.33. The lowest BCUT2D eigenvalue weighted by Crippen LogP contribution is -2.46. The standard InChI is InChI=1S/C5H10N3O/c1-4(2)5-3-7-9-8(5)6/h3-4H,6H2,1-2H3/q+1. The van der Waals surface area contributed by atoms with Crippen molar-refractivity contribution >= 4 is 0 Å². The second-order valence-electron chi connectivity index (χ2n) is 2.22. The lowest BCUT2D eigenvalue weighted by molar-refractivity contribution is -0.834. The molecule has 2 N–H and O–H groups in total. The maximum absolute atomic E-state index is 5.33. The summed E-state index contributed by atoms with van der Waals surface area (Å²) in [5.41, 5.74) is 0.898. The van der Waals surface area contributed by atoms with Crippen molar-refractivity contribution in [1.82, 2.24) is 5.16 Å². The van der Waals surface area contributed by atoms with E-state index in [9.17, 15) is 0 Å². The highest BCUT2D eigenvalue weighted by Crippen LogP contribution is 2.05. The summed E-state index contributed by atoms with van der Waals surface area (Å²) in [5.74, 6) is 5.69. The van der Waals surface area contributed by atoms with Gasteiger partial charge in [-0.15, -0.1) is 0 Å². The zero-order chi connectivity index (χ0) is 6.85. The second-order valence-corrected chi connectivity index (χ2v) is 2.22. The molecule has 1 aromatic heterocycles. The third-order valence-corrected chi connectivity index (χ3v) is 1.17. The highest BCUT2D eigenvalue weighted by Gasteiger charge is 2.14. The molecule has 0 unspecified atom stereocenters. The van der Waals surface area contributed by atoms with E-state index in [1.54, 1.807) is 6.20 Å². The third-order valence-electron chi connectivity index (χ3n) is 1.17. The molecule has 1 heterocycles. The van der Waals surface area contributed by atoms with E-state index >= 15 is 0 Å². The fourth-order valence-electron chi connectivity index (χ4n) is 0.636. The molecule has 0 saturated carbocycles. The quantitative estimate of drug-likeness (QED) is 0.421. The van der Waals surface area contributed by atoms with Crippen LogP contribution in [0, 0.1) is 0 Å². The van der Waals surface area contributed by atoms with Crippen molar-refractivity contribution in [2.24, 2.45) is 0 Å². The Hall–Kier alpha value is -1.06. The minimum absolute atomic E-state index is 0.362. The Morgan fingerprint density at radius 1 is 1.78 bits per heavy atom. The van der Waals surface area contributed by atoms with Crippen molar-refractivity contribution in [2.45, 2.75) is 19.8 Å². The molecule has 1 rings (SSSR count). The van der Waals surface area contributed by atoms with Gasteiger partial charge in [0.2, 0.25) is 11.9 Å². The molecule has 0 atom stereocenters. The zero-order valence-electron chi connectivity index (χ0n) is 5.53. The lowest BCUT2D eigenvalue weighted by atomic mass is 10.2. The van der Waals surface area contributed by atoms with Crippen molar-refractivity contribution < 1.29 is 9.48 Å². The number of aromatic nitrogens is 2. The summed E-state index contributed by atoms with van der Waals surface area (Å²) in [5, 5.41) is 3.51. The Kier molecular flexibility index (Phi) is 1.38. The average Bonchev–Trinajstić information content (AvgIpc) is 2.13. The molecule has 0 fully saturated rings. The summed E-state index contributed by atoms with van der Waals surface area (Å²) < 4.78 is 4.57. The van der Waals surface area contributed by atoms with E-state index in [1.807, 2.05) is 13.8 Å². The molecule has 0 aliphatic heterocycles. The maximum Gasteiger partial charge on any atom is 0.237 e. The summed E-state index contributed by atoms with van der Waals surface area (Å²) in [6.45, 7) is 4.05. The molecule has 0 aliphatic rings. The van der Waals surface area contributed by atoms with Crippen molar-refractivity contribution in [3.63, 3.8) is 0 Å². The van der Waals surface area contributed by atoms with Gasteiger partial charge in [-0.1, -0.05) is 18.5 Å². The van der Waals surface area contributed by atoms with Crippen LogP contribution in [0.25, 0.3) is 0 Å². The molecule has 0 saturated heterocycles. The largest absolute Gasteiger partial charge is 0.237 e. The third kappa shape index (κ3) is 1.01. The van der Waals surface area contributed by atoms with E-state index in [-0.39, 0.29) is 0 Å². The van der Waals surface area contributed by atoms with Crippen LogP contribution < -0.4 is 10.7 Å². The predicted molar refractivity (Wildman–Crippen MR) is 30.9 cm³/mol. The lowest BCUT2D eigenvalue weighted by Gasteiger charge is -1.91. The van der Waals surface area contributed by atoms with Crippen LogP contribution in [0.5, 0.6) is 0 Å². The first-order chi connectivity index (χ1) is 4.22. The Balaban J connectivity index is 2.94. The van der Waals surface area contributed by atoms with Gasteiger partial charge in [-0.2, -0.15) is 0 Å². The smallest absolute Gasteiger partial charge is 0.234 e. The van der Waals surface area contributed by atoms with Crippen LogP contribution in [0.1, 0.15) is 25.5 Å². The van der Waals surface area contributed by atoms with Gasteiger partial charge in [0.25, 0.3) is 0 Å². The number of nitrogens with zero attached hydrogens (tertiary/aromatic N) is 2. The van der Waals surface area contributed by atoms with E-state index in [2.05, 4.69) is 9.79 Å². The van der Waals surface area contributed by atoms with E-state index < -0.39 is 0 Å². The van der Waals surface area contributed by atoms with E-state index in [1.165, 1.54) is 4.85 Å². The Morgan fingerprint density at radius 3 is 2.67 bits per heavy atom. The van der Waals surface area contributed by atoms with Gasteiger partial charge in [-0.25, -0.2) is 5.84 Å². The molecule has 0 radical (unpaired) electrons. The van der Waals surface area contributed by atoms with Crippen LogP contribution in [0.3, 0.4) is 0 Å². The Bertz CT molecular complexity index is 194. The molecule has 50 valence electrons. The van der Waals surface area contributed by atoms with E-state index in [0.29, 0.717) is 5.92 Å². The topological polar surface area (TPSA) is 55.9 Å². The molecule has 0 spiro atoms. The van der Waals surface area contributed by atoms with Gasteiger partial charge in [0, 0.05) is 10.8 Å². The van der Waals surface area contributed by atoms with E-state index in [4.69, 9.17) is 5.84 Å². The fraction of sp³-hybridized carbons (Fsp3) is 0.600. The van der Waals surface area contributed by atoms with Crippen molar-refractivity contribution in [3.8, 4) is 0 Å². The van der Waals surface area contributed by atoms with Crippen LogP contribution in [-0.2, 0) is 0 Å². The zero-order valence-corrected chi connectivity index (χ0v) is 5.53. The van der Waals surface area contributed by atoms with Gasteiger partial charge in [0.15, 0.2) is 5.16 Å². The van der Waals surface area contributed by atoms with Crippen molar-refractivity contribution in [3.05, 3.63) is 11.9 Å². The summed E-state index contributed by atoms with van der Waals surface area (Å²) >= 11 is 0. The Morgan fingerprint density at radius 2 is 2.44 bits per heavy atom. The Labute approximate surface area is 53.2 Å². The molecule has 0 aliphatic carbocycles. The second kappa shape index (κ2) is 2.05. The van der Waals surface area contributed by atoms with Gasteiger partial charge in [-0.3, -0.25) is 0 Å².